The molecule has 0 unspecified atom stereocenters. The van der Waals surface area contributed by atoms with Gasteiger partial charge in [-0.3, -0.25) is 0 Å². The van der Waals surface area contributed by atoms with Crippen molar-refractivity contribution in [3.8, 4) is 22.3 Å². The summed E-state index contributed by atoms with van der Waals surface area (Å²) >= 11 is 1.87. The fraction of sp³-hybridized carbons (Fsp3) is 0. The van der Waals surface area contributed by atoms with E-state index in [1.54, 1.807) is 0 Å². The number of thiophene rings is 1. The second-order valence-electron chi connectivity index (χ2n) is 13.6. The Kier molecular flexibility index (Phi) is 6.76. The molecule has 3 heteroatoms. The average Bonchev–Trinajstić information content (AvgIpc) is 3.80. The van der Waals surface area contributed by atoms with Gasteiger partial charge in [-0.1, -0.05) is 146 Å². The minimum absolute atomic E-state index is 0.883. The molecule has 2 aromatic heterocycles. The lowest BCUT2D eigenvalue weighted by atomic mass is 9.90. The van der Waals surface area contributed by atoms with E-state index in [1.807, 2.05) is 23.5 Å². The van der Waals surface area contributed by atoms with Gasteiger partial charge < -0.3 is 9.32 Å². The van der Waals surface area contributed by atoms with Crippen LogP contribution in [0.5, 0.6) is 0 Å². The fourth-order valence-electron chi connectivity index (χ4n) is 8.28. The molecule has 0 atom stereocenters. The zero-order valence-corrected chi connectivity index (χ0v) is 29.5. The molecule has 0 saturated carbocycles. The lowest BCUT2D eigenvalue weighted by molar-refractivity contribution is 0.669. The summed E-state index contributed by atoms with van der Waals surface area (Å²) in [6, 6.07) is 68.0. The second-order valence-corrected chi connectivity index (χ2v) is 14.7. The van der Waals surface area contributed by atoms with Crippen molar-refractivity contribution in [2.45, 2.75) is 0 Å². The van der Waals surface area contributed by atoms with Crippen LogP contribution in [0.3, 0.4) is 0 Å². The number of fused-ring (bicyclic) bond motifs is 9. The lowest BCUT2D eigenvalue weighted by Gasteiger charge is -2.31. The quantitative estimate of drug-likeness (QED) is 0.167. The van der Waals surface area contributed by atoms with Crippen LogP contribution in [0.1, 0.15) is 0 Å². The summed E-state index contributed by atoms with van der Waals surface area (Å²) in [5, 5.41) is 9.73. The van der Waals surface area contributed by atoms with Crippen LogP contribution >= 0.6 is 11.3 Å². The molecule has 0 bridgehead atoms. The van der Waals surface area contributed by atoms with Crippen LogP contribution in [0.25, 0.3) is 85.9 Å². The molecule has 0 spiro atoms. The van der Waals surface area contributed by atoms with Crippen molar-refractivity contribution < 1.29 is 4.42 Å². The van der Waals surface area contributed by atoms with Gasteiger partial charge >= 0.3 is 0 Å². The maximum atomic E-state index is 6.32. The summed E-state index contributed by atoms with van der Waals surface area (Å²) in [4.78, 5) is 2.46. The molecule has 0 saturated heterocycles. The van der Waals surface area contributed by atoms with Gasteiger partial charge in [0.25, 0.3) is 0 Å². The van der Waals surface area contributed by atoms with Crippen molar-refractivity contribution in [2.24, 2.45) is 0 Å². The number of hydrogen-bond donors (Lipinski definition) is 0. The zero-order valence-electron chi connectivity index (χ0n) is 28.7. The molecular formula is C50H31NOS. The van der Waals surface area contributed by atoms with E-state index in [4.69, 9.17) is 4.42 Å². The lowest BCUT2D eigenvalue weighted by Crippen LogP contribution is -2.12. The van der Waals surface area contributed by atoms with E-state index in [1.165, 1.54) is 64.0 Å². The topological polar surface area (TPSA) is 16.4 Å². The molecule has 0 N–H and O–H groups in total. The van der Waals surface area contributed by atoms with Crippen LogP contribution in [0.4, 0.5) is 17.1 Å². The maximum Gasteiger partial charge on any atom is 0.135 e. The number of nitrogens with zero attached hydrogens (tertiary/aromatic N) is 1. The van der Waals surface area contributed by atoms with Crippen molar-refractivity contribution >= 4 is 92.1 Å². The van der Waals surface area contributed by atoms with Gasteiger partial charge in [0.2, 0.25) is 0 Å². The highest BCUT2D eigenvalue weighted by molar-refractivity contribution is 7.26. The van der Waals surface area contributed by atoms with E-state index in [-0.39, 0.29) is 0 Å². The fourth-order valence-corrected chi connectivity index (χ4v) is 9.52. The van der Waals surface area contributed by atoms with Crippen molar-refractivity contribution in [2.75, 3.05) is 4.90 Å². The zero-order chi connectivity index (χ0) is 34.9. The standard InChI is InChI=1S/C50H31NOS/c1-2-13-33(14-3-1)48-41-19-6-4-15-37(41)38-16-5-7-20-42(38)49(48)51(35-29-30-46-44(31-35)39-17-8-10-23-45(39)52-46)34-27-25-32(26-28-34)36-21-12-22-43-40-18-9-11-24-47(40)53-50(36)43/h1-31H. The van der Waals surface area contributed by atoms with Gasteiger partial charge in [0, 0.05) is 53.3 Å². The molecular weight excluding hydrogens is 663 g/mol. The highest BCUT2D eigenvalue weighted by Gasteiger charge is 2.24. The first-order valence-corrected chi connectivity index (χ1v) is 18.8. The van der Waals surface area contributed by atoms with E-state index in [0.29, 0.717) is 0 Å². The molecule has 0 fully saturated rings. The molecule has 11 aromatic rings. The van der Waals surface area contributed by atoms with Gasteiger partial charge in [-0.05, 0) is 75.3 Å². The third-order valence-corrected chi connectivity index (χ3v) is 11.9. The van der Waals surface area contributed by atoms with E-state index < -0.39 is 0 Å². The molecule has 0 aliphatic rings. The van der Waals surface area contributed by atoms with Crippen LogP contribution in [-0.2, 0) is 0 Å². The Morgan fingerprint density at radius 3 is 1.79 bits per heavy atom. The predicted molar refractivity (Wildman–Crippen MR) is 227 cm³/mol. The number of rotatable bonds is 5. The Hall–Kier alpha value is -6.68. The van der Waals surface area contributed by atoms with E-state index in [9.17, 15) is 0 Å². The van der Waals surface area contributed by atoms with Crippen molar-refractivity contribution in [1.82, 2.24) is 0 Å². The average molecular weight is 694 g/mol. The Morgan fingerprint density at radius 1 is 0.377 bits per heavy atom. The maximum absolute atomic E-state index is 6.32. The van der Waals surface area contributed by atoms with Crippen LogP contribution in [0.2, 0.25) is 0 Å². The predicted octanol–water partition coefficient (Wildman–Crippen LogP) is 15.1. The molecule has 0 amide bonds. The number of para-hydroxylation sites is 1. The number of hydrogen-bond acceptors (Lipinski definition) is 3. The van der Waals surface area contributed by atoms with Gasteiger partial charge in [0.15, 0.2) is 0 Å². The van der Waals surface area contributed by atoms with Crippen molar-refractivity contribution in [3.05, 3.63) is 188 Å². The number of anilines is 3. The molecule has 0 aliphatic carbocycles. The molecule has 11 rings (SSSR count). The smallest absolute Gasteiger partial charge is 0.135 e. The SMILES string of the molecule is c1ccc(-c2c(N(c3ccc(-c4cccc5c4sc4ccccc45)cc3)c3ccc4oc5ccccc5c4c3)c3ccccc3c3ccccc23)cc1. The minimum Gasteiger partial charge on any atom is -0.456 e. The van der Waals surface area contributed by atoms with Crippen LogP contribution in [0, 0.1) is 0 Å². The van der Waals surface area contributed by atoms with Crippen LogP contribution in [-0.4, -0.2) is 0 Å². The first-order valence-electron chi connectivity index (χ1n) is 18.0. The summed E-state index contributed by atoms with van der Waals surface area (Å²) in [5.74, 6) is 0. The summed E-state index contributed by atoms with van der Waals surface area (Å²) in [6.07, 6.45) is 0. The van der Waals surface area contributed by atoms with Crippen molar-refractivity contribution in [1.29, 1.82) is 0 Å². The molecule has 0 radical (unpaired) electrons. The second kappa shape index (κ2) is 11.9. The van der Waals surface area contributed by atoms with Gasteiger partial charge in [-0.25, -0.2) is 0 Å². The molecule has 9 aromatic carbocycles. The van der Waals surface area contributed by atoms with Gasteiger partial charge in [-0.15, -0.1) is 11.3 Å². The van der Waals surface area contributed by atoms with Gasteiger partial charge in [0.05, 0.1) is 5.69 Å². The third kappa shape index (κ3) is 4.71. The largest absolute Gasteiger partial charge is 0.456 e. The first kappa shape index (κ1) is 30.0. The molecule has 53 heavy (non-hydrogen) atoms. The number of furan rings is 1. The van der Waals surface area contributed by atoms with Crippen LogP contribution < -0.4 is 4.90 Å². The highest BCUT2D eigenvalue weighted by Crippen LogP contribution is 2.50. The molecule has 0 aliphatic heterocycles. The van der Waals surface area contributed by atoms with Gasteiger partial charge in [-0.2, -0.15) is 0 Å². The van der Waals surface area contributed by atoms with E-state index in [0.717, 1.165) is 39.0 Å². The first-order chi connectivity index (χ1) is 26.3. The summed E-state index contributed by atoms with van der Waals surface area (Å²) in [5.41, 5.74) is 9.93. The Morgan fingerprint density at radius 2 is 0.981 bits per heavy atom. The Bertz CT molecular complexity index is 3170. The van der Waals surface area contributed by atoms with E-state index >= 15 is 0 Å². The van der Waals surface area contributed by atoms with Crippen molar-refractivity contribution in [3.63, 3.8) is 0 Å². The number of benzene rings is 9. The van der Waals surface area contributed by atoms with E-state index in [2.05, 4.69) is 181 Å². The normalized spacial score (nSPS) is 11.8. The summed E-state index contributed by atoms with van der Waals surface area (Å²) in [7, 11) is 0. The Labute approximate surface area is 310 Å². The molecule has 2 nitrogen and oxygen atoms in total. The molecule has 248 valence electrons. The summed E-state index contributed by atoms with van der Waals surface area (Å²) in [6.45, 7) is 0. The third-order valence-electron chi connectivity index (χ3n) is 10.7. The monoisotopic (exact) mass is 693 g/mol. The van der Waals surface area contributed by atoms with Gasteiger partial charge in [0.1, 0.15) is 11.2 Å². The molecule has 2 heterocycles. The van der Waals surface area contributed by atoms with Crippen LogP contribution in [0.15, 0.2) is 192 Å². The Balaban J connectivity index is 1.20. The highest BCUT2D eigenvalue weighted by atomic mass is 32.1. The summed E-state index contributed by atoms with van der Waals surface area (Å²) < 4.78 is 8.96. The minimum atomic E-state index is 0.883.